The number of H-pyrrole nitrogens is 6. The third-order valence-corrected chi connectivity index (χ3v) is 11.1. The number of aromatic amines is 6. The van der Waals surface area contributed by atoms with E-state index in [2.05, 4.69) is 240 Å². The Bertz CT molecular complexity index is 2450. The molecular weight excluding hydrogens is 1000 g/mol. The molecule has 0 saturated heterocycles. The maximum Gasteiger partial charge on any atom is 0.153 e. The molecule has 0 fully saturated rings. The number of nitrogens with zero attached hydrogens (tertiary/aromatic N) is 15. The highest BCUT2D eigenvalue weighted by Crippen LogP contribution is 2.14. The van der Waals surface area contributed by atoms with Gasteiger partial charge in [-0.1, -0.05) is 145 Å². The molecule has 0 aliphatic carbocycles. The van der Waals surface area contributed by atoms with E-state index in [0.717, 1.165) is 63.8 Å². The number of aromatic nitrogens is 19. The van der Waals surface area contributed by atoms with Crippen molar-refractivity contribution in [1.82, 2.24) is 95.9 Å². The minimum absolute atomic E-state index is 0. The van der Waals surface area contributed by atoms with Crippen molar-refractivity contribution >= 4 is 11.9 Å². The van der Waals surface area contributed by atoms with Gasteiger partial charge < -0.3 is 4.57 Å². The van der Waals surface area contributed by atoms with Gasteiger partial charge in [-0.25, -0.2) is 4.98 Å². The average Bonchev–Trinajstić information content (AvgIpc) is 4.20. The first-order valence-electron chi connectivity index (χ1n) is 27.3. The van der Waals surface area contributed by atoms with Crippen LogP contribution in [0.2, 0.25) is 0 Å². The Morgan fingerprint density at radius 1 is 0.525 bits per heavy atom. The fourth-order valence-corrected chi connectivity index (χ4v) is 6.07. The summed E-state index contributed by atoms with van der Waals surface area (Å²) in [6.07, 6.45) is 12.0. The van der Waals surface area contributed by atoms with Crippen LogP contribution in [0.25, 0.3) is 0 Å². The standard InChI is InChI=1S/3C7H12N2.3C6H11N3.3C6H10N2.2CH4/c3*1-5(2)7-4-6(3)8-9-7;1-5(2)6-8-7-4-9(6)3;1-5(2)6-4-9(3)8-7-6;1-4(2)6-7-5(3)8-9-6;1-5(2)6-3-7-8-4-6;2*1-5(2)6-3-4-7-8-6;;/h3*4-5H,1-3H3,(H,8,9);2*4-5H,1-3H3;4H,1-3H3,(H,7,8,9);3-5H,1-2H3,(H,7,8);4-5H,3H2,1-2H3;3-5H,1-2H3,(H,7,8);2*1H4. The zero-order chi connectivity index (χ0) is 59.1. The van der Waals surface area contributed by atoms with Crippen molar-refractivity contribution in [2.24, 2.45) is 30.2 Å². The summed E-state index contributed by atoms with van der Waals surface area (Å²) in [6, 6.07) is 8.21. The zero-order valence-corrected chi connectivity index (χ0v) is 51.9. The van der Waals surface area contributed by atoms with E-state index in [1.165, 1.54) is 17.0 Å². The average molecular weight is 1110 g/mol. The summed E-state index contributed by atoms with van der Waals surface area (Å²) in [7, 11) is 3.83. The second-order valence-corrected chi connectivity index (χ2v) is 21.9. The first-order valence-corrected chi connectivity index (χ1v) is 27.3. The van der Waals surface area contributed by atoms with E-state index in [-0.39, 0.29) is 14.9 Å². The third-order valence-electron chi connectivity index (χ3n) is 11.1. The van der Waals surface area contributed by atoms with E-state index >= 15 is 0 Å². The van der Waals surface area contributed by atoms with Crippen molar-refractivity contribution in [3.05, 3.63) is 124 Å². The number of hydrogen-bond acceptors (Lipinski definition) is 13. The van der Waals surface area contributed by atoms with E-state index in [9.17, 15) is 0 Å². The van der Waals surface area contributed by atoms with Crippen LogP contribution in [0.15, 0.2) is 65.6 Å². The Kier molecular flexibility index (Phi) is 37.5. The van der Waals surface area contributed by atoms with Gasteiger partial charge in [0.2, 0.25) is 0 Å². The van der Waals surface area contributed by atoms with Crippen molar-refractivity contribution in [2.75, 3.05) is 0 Å². The molecule has 0 amide bonds. The van der Waals surface area contributed by atoms with Crippen LogP contribution in [0.4, 0.5) is 0 Å². The zero-order valence-electron chi connectivity index (χ0n) is 51.9. The summed E-state index contributed by atoms with van der Waals surface area (Å²) >= 11 is 0. The Labute approximate surface area is 481 Å². The molecule has 1 aliphatic heterocycles. The molecule has 8 aromatic heterocycles. The SMILES string of the molecule is C.C.CC(C)C1=NN=CC1.CC(C)c1ccn[nH]1.CC(C)c1cn(C)nn1.CC(C)c1cn[nH]c1.CC(C)c1nncn1C.Cc1cc(C(C)C)n[nH]1.Cc1cc(C(C)C)n[nH]1.Cc1cc(C(C)C)n[nH]1.Cc1nc(C(C)C)n[nH]1. The molecule has 0 spiro atoms. The second-order valence-electron chi connectivity index (χ2n) is 21.9. The van der Waals surface area contributed by atoms with Gasteiger partial charge in [0.1, 0.15) is 18.0 Å². The lowest BCUT2D eigenvalue weighted by Gasteiger charge is -2.00. The van der Waals surface area contributed by atoms with Crippen molar-refractivity contribution in [2.45, 2.75) is 221 Å². The van der Waals surface area contributed by atoms with E-state index in [4.69, 9.17) is 0 Å². The molecule has 6 N–H and O–H groups in total. The fourth-order valence-electron chi connectivity index (χ4n) is 6.07. The Balaban J connectivity index is 0. The van der Waals surface area contributed by atoms with Gasteiger partial charge in [-0.3, -0.25) is 35.3 Å². The van der Waals surface area contributed by atoms with Crippen LogP contribution in [0.1, 0.15) is 262 Å². The molecule has 1 aliphatic rings. The third kappa shape index (κ3) is 31.4. The molecular formula is C59H107N21. The predicted octanol–water partition coefficient (Wildman–Crippen LogP) is 14.4. The van der Waals surface area contributed by atoms with Gasteiger partial charge in [0.15, 0.2) is 5.82 Å². The maximum atomic E-state index is 4.14. The van der Waals surface area contributed by atoms with Crippen LogP contribution in [0, 0.1) is 33.6 Å². The van der Waals surface area contributed by atoms with Crippen molar-refractivity contribution in [3.63, 3.8) is 0 Å². The topological polar surface area (TPSA) is 271 Å². The maximum absolute atomic E-state index is 4.14. The molecule has 0 unspecified atom stereocenters. The van der Waals surface area contributed by atoms with Gasteiger partial charge in [-0.05, 0) is 98.9 Å². The fraction of sp³-hybridized carbons (Fsp3) is 0.610. The first-order chi connectivity index (χ1) is 36.6. The molecule has 0 atom stereocenters. The molecule has 0 aromatic carbocycles. The first kappa shape index (κ1) is 74.9. The van der Waals surface area contributed by atoms with E-state index in [1.807, 2.05) is 77.2 Å². The van der Waals surface area contributed by atoms with Crippen LogP contribution in [-0.2, 0) is 14.1 Å². The normalized spacial score (nSPS) is 11.0. The highest BCUT2D eigenvalue weighted by Gasteiger charge is 2.07. The van der Waals surface area contributed by atoms with Gasteiger partial charge in [-0.15, -0.1) is 15.3 Å². The Morgan fingerprint density at radius 2 is 1.04 bits per heavy atom. The lowest BCUT2D eigenvalue weighted by molar-refractivity contribution is 0.708. The van der Waals surface area contributed by atoms with Crippen LogP contribution in [0.5, 0.6) is 0 Å². The van der Waals surface area contributed by atoms with Gasteiger partial charge >= 0.3 is 0 Å². The van der Waals surface area contributed by atoms with E-state index in [1.54, 1.807) is 17.2 Å². The molecule has 8 aromatic rings. The lowest BCUT2D eigenvalue weighted by atomic mass is 10.1. The lowest BCUT2D eigenvalue weighted by Crippen LogP contribution is -2.03. The highest BCUT2D eigenvalue weighted by molar-refractivity contribution is 5.99. The summed E-state index contributed by atoms with van der Waals surface area (Å²) < 4.78 is 3.65. The number of nitrogens with one attached hydrogen (secondary N) is 6. The van der Waals surface area contributed by atoms with E-state index in [0.29, 0.717) is 53.3 Å². The van der Waals surface area contributed by atoms with E-state index < -0.39 is 0 Å². The van der Waals surface area contributed by atoms with Crippen molar-refractivity contribution < 1.29 is 0 Å². The Morgan fingerprint density at radius 3 is 1.21 bits per heavy atom. The summed E-state index contributed by atoms with van der Waals surface area (Å²) in [4.78, 5) is 4.14. The predicted molar refractivity (Wildman–Crippen MR) is 332 cm³/mol. The minimum atomic E-state index is 0. The van der Waals surface area contributed by atoms with Gasteiger partial charge in [0, 0.05) is 85.6 Å². The molecule has 21 heteroatoms. The van der Waals surface area contributed by atoms with Gasteiger partial charge in [-0.2, -0.15) is 40.8 Å². The van der Waals surface area contributed by atoms with Crippen LogP contribution < -0.4 is 0 Å². The summed E-state index contributed by atoms with van der Waals surface area (Å²) in [5.74, 6) is 7.54. The molecule has 0 radical (unpaired) electrons. The number of aryl methyl sites for hydroxylation is 6. The van der Waals surface area contributed by atoms with Gasteiger partial charge in [0.25, 0.3) is 0 Å². The monoisotopic (exact) mass is 1110 g/mol. The summed E-state index contributed by atoms with van der Waals surface area (Å²) in [5, 5.41) is 64.1. The molecule has 0 saturated carbocycles. The van der Waals surface area contributed by atoms with Crippen molar-refractivity contribution in [3.8, 4) is 0 Å². The molecule has 9 heterocycles. The quantitative estimate of drug-likeness (QED) is 0.0791. The molecule has 9 rings (SSSR count). The van der Waals surface area contributed by atoms with Crippen LogP contribution in [0.3, 0.4) is 0 Å². The molecule has 448 valence electrons. The second kappa shape index (κ2) is 40.1. The van der Waals surface area contributed by atoms with Crippen molar-refractivity contribution in [1.29, 1.82) is 0 Å². The number of hydrogen-bond donors (Lipinski definition) is 6. The summed E-state index contributed by atoms with van der Waals surface area (Å²) in [6.45, 7) is 46.1. The number of rotatable bonds is 9. The highest BCUT2D eigenvalue weighted by atomic mass is 15.4. The van der Waals surface area contributed by atoms with Crippen LogP contribution >= 0.6 is 0 Å². The summed E-state index contributed by atoms with van der Waals surface area (Å²) in [5.41, 5.74) is 11.6. The van der Waals surface area contributed by atoms with Gasteiger partial charge in [0.05, 0.1) is 29.0 Å². The molecule has 0 bridgehead atoms. The van der Waals surface area contributed by atoms with Crippen LogP contribution in [-0.4, -0.2) is 108 Å². The molecule has 80 heavy (non-hydrogen) atoms. The Hall–Kier alpha value is -7.19. The largest absolute Gasteiger partial charge is 0.321 e. The minimum Gasteiger partial charge on any atom is -0.321 e. The molecule has 21 nitrogen and oxygen atoms in total. The smallest absolute Gasteiger partial charge is 0.153 e.